The monoisotopic (exact) mass is 206 g/mol. The summed E-state index contributed by atoms with van der Waals surface area (Å²) in [5, 5.41) is 0.626. The Bertz CT molecular complexity index is 531. The zero-order valence-corrected chi connectivity index (χ0v) is 8.40. The van der Waals surface area contributed by atoms with Crippen LogP contribution in [-0.4, -0.2) is 18.1 Å². The summed E-state index contributed by atoms with van der Waals surface area (Å²) in [6, 6.07) is 1.67. The van der Waals surface area contributed by atoms with Crippen LogP contribution in [0.3, 0.4) is 0 Å². The largest absolute Gasteiger partial charge is 0.465 e. The molecule has 0 aliphatic carbocycles. The van der Waals surface area contributed by atoms with E-state index in [0.29, 0.717) is 28.0 Å². The van der Waals surface area contributed by atoms with Crippen LogP contribution in [0.1, 0.15) is 16.1 Å². The third-order valence-electron chi connectivity index (χ3n) is 2.22. The highest BCUT2D eigenvalue weighted by atomic mass is 16.5. The fraction of sp³-hybridized carbons (Fsp3) is 0.200. The molecule has 0 atom stereocenters. The summed E-state index contributed by atoms with van der Waals surface area (Å²) in [7, 11) is 1.31. The molecule has 0 saturated carbocycles. The highest BCUT2D eigenvalue weighted by Crippen LogP contribution is 2.26. The van der Waals surface area contributed by atoms with Gasteiger partial charge in [-0.3, -0.25) is 0 Å². The molecule has 15 heavy (non-hydrogen) atoms. The van der Waals surface area contributed by atoms with Crippen LogP contribution in [0.25, 0.3) is 11.1 Å². The summed E-state index contributed by atoms with van der Waals surface area (Å²) in [4.78, 5) is 15.6. The number of carbonyl (C=O) groups is 1. The van der Waals surface area contributed by atoms with Crippen molar-refractivity contribution in [2.75, 3.05) is 12.8 Å². The van der Waals surface area contributed by atoms with Crippen LogP contribution in [0.4, 0.5) is 5.69 Å². The highest BCUT2D eigenvalue weighted by molar-refractivity contribution is 6.04. The van der Waals surface area contributed by atoms with E-state index in [4.69, 9.17) is 10.2 Å². The Balaban J connectivity index is 2.78. The van der Waals surface area contributed by atoms with Crippen molar-refractivity contribution in [3.8, 4) is 0 Å². The van der Waals surface area contributed by atoms with Gasteiger partial charge in [0.05, 0.1) is 30.1 Å². The average Bonchev–Trinajstić information content (AvgIpc) is 2.65. The third kappa shape index (κ3) is 1.32. The first-order valence-electron chi connectivity index (χ1n) is 4.36. The van der Waals surface area contributed by atoms with Gasteiger partial charge >= 0.3 is 5.97 Å². The first-order chi connectivity index (χ1) is 7.15. The molecule has 0 bridgehead atoms. The van der Waals surface area contributed by atoms with Crippen LogP contribution in [0.2, 0.25) is 0 Å². The fourth-order valence-electron chi connectivity index (χ4n) is 1.49. The summed E-state index contributed by atoms with van der Waals surface area (Å²) >= 11 is 0. The van der Waals surface area contributed by atoms with Gasteiger partial charge in [0.2, 0.25) is 5.71 Å². The molecule has 0 aliphatic heterocycles. The summed E-state index contributed by atoms with van der Waals surface area (Å²) < 4.78 is 9.74. The molecule has 0 aliphatic rings. The van der Waals surface area contributed by atoms with Gasteiger partial charge in [0, 0.05) is 0 Å². The molecule has 0 radical (unpaired) electrons. The van der Waals surface area contributed by atoms with Gasteiger partial charge in [-0.25, -0.2) is 9.78 Å². The van der Waals surface area contributed by atoms with E-state index < -0.39 is 5.97 Å². The van der Waals surface area contributed by atoms with E-state index in [0.717, 1.165) is 0 Å². The van der Waals surface area contributed by atoms with Crippen molar-refractivity contribution in [1.29, 1.82) is 0 Å². The molecule has 0 spiro atoms. The molecule has 78 valence electrons. The Labute approximate surface area is 85.8 Å². The zero-order chi connectivity index (χ0) is 11.0. The minimum atomic E-state index is -0.486. The summed E-state index contributed by atoms with van der Waals surface area (Å²) in [6.07, 6.45) is 1.48. The van der Waals surface area contributed by atoms with Crippen LogP contribution < -0.4 is 5.73 Å². The van der Waals surface area contributed by atoms with E-state index in [9.17, 15) is 4.79 Å². The second kappa shape index (κ2) is 3.27. The number of nitrogens with zero attached hydrogens (tertiary/aromatic N) is 1. The normalized spacial score (nSPS) is 10.5. The lowest BCUT2D eigenvalue weighted by Crippen LogP contribution is -2.09. The van der Waals surface area contributed by atoms with E-state index in [1.807, 2.05) is 0 Å². The molecule has 0 aromatic carbocycles. The fourth-order valence-corrected chi connectivity index (χ4v) is 1.49. The van der Waals surface area contributed by atoms with Crippen molar-refractivity contribution in [1.82, 2.24) is 4.98 Å². The molecular formula is C10H10N2O3. The van der Waals surface area contributed by atoms with Gasteiger partial charge in [0.1, 0.15) is 5.56 Å². The molecule has 0 fully saturated rings. The maximum atomic E-state index is 11.4. The molecule has 2 aromatic rings. The molecule has 0 amide bonds. The molecule has 5 nitrogen and oxygen atoms in total. The number of nitrogens with two attached hydrogens (primary N) is 1. The van der Waals surface area contributed by atoms with Gasteiger partial charge in [-0.05, 0) is 13.0 Å². The number of pyridine rings is 1. The van der Waals surface area contributed by atoms with Crippen molar-refractivity contribution in [3.05, 3.63) is 23.6 Å². The van der Waals surface area contributed by atoms with Gasteiger partial charge in [-0.2, -0.15) is 0 Å². The standard InChI is InChI=1S/C10H10N2O3/c1-5-7(10(13)14-2)8(11)6-3-4-15-9(6)12-5/h3-4H,1-2H3,(H2,11,12). The first-order valence-corrected chi connectivity index (χ1v) is 4.36. The average molecular weight is 206 g/mol. The molecule has 5 heteroatoms. The molecule has 2 aromatic heterocycles. The lowest BCUT2D eigenvalue weighted by molar-refractivity contribution is 0.0601. The maximum absolute atomic E-state index is 11.4. The Kier molecular flexibility index (Phi) is 2.07. The van der Waals surface area contributed by atoms with E-state index >= 15 is 0 Å². The Morgan fingerprint density at radius 3 is 3.00 bits per heavy atom. The zero-order valence-electron chi connectivity index (χ0n) is 8.40. The van der Waals surface area contributed by atoms with Crippen LogP contribution in [0, 0.1) is 6.92 Å². The minimum absolute atomic E-state index is 0.298. The minimum Gasteiger partial charge on any atom is -0.465 e. The summed E-state index contributed by atoms with van der Waals surface area (Å²) in [5.41, 5.74) is 7.41. The molecule has 0 saturated heterocycles. The molecule has 2 N–H and O–H groups in total. The van der Waals surface area contributed by atoms with Gasteiger partial charge < -0.3 is 14.9 Å². The lowest BCUT2D eigenvalue weighted by atomic mass is 10.1. The van der Waals surface area contributed by atoms with Crippen LogP contribution in [-0.2, 0) is 4.74 Å². The Morgan fingerprint density at radius 1 is 1.60 bits per heavy atom. The van der Waals surface area contributed by atoms with Gasteiger partial charge in [0.25, 0.3) is 0 Å². The van der Waals surface area contributed by atoms with Crippen LogP contribution in [0.5, 0.6) is 0 Å². The number of methoxy groups -OCH3 is 1. The quantitative estimate of drug-likeness (QED) is 0.715. The number of ether oxygens (including phenoxy) is 1. The Hall–Kier alpha value is -2.04. The molecule has 0 unspecified atom stereocenters. The summed E-state index contributed by atoms with van der Waals surface area (Å²) in [6.45, 7) is 1.69. The number of aryl methyl sites for hydroxylation is 1. The third-order valence-corrected chi connectivity index (χ3v) is 2.22. The van der Waals surface area contributed by atoms with Gasteiger partial charge in [0.15, 0.2) is 0 Å². The smallest absolute Gasteiger partial charge is 0.341 e. The van der Waals surface area contributed by atoms with Gasteiger partial charge in [-0.1, -0.05) is 0 Å². The molecule has 2 rings (SSSR count). The van der Waals surface area contributed by atoms with E-state index in [2.05, 4.69) is 9.72 Å². The second-order valence-electron chi connectivity index (χ2n) is 3.12. The number of anilines is 1. The number of hydrogen-bond donors (Lipinski definition) is 1. The number of rotatable bonds is 1. The number of aromatic nitrogens is 1. The van der Waals surface area contributed by atoms with Crippen molar-refractivity contribution in [2.24, 2.45) is 0 Å². The number of hydrogen-bond acceptors (Lipinski definition) is 5. The molecule has 2 heterocycles. The summed E-state index contributed by atoms with van der Waals surface area (Å²) in [5.74, 6) is -0.486. The number of nitrogen functional groups attached to an aromatic ring is 1. The van der Waals surface area contributed by atoms with Crippen LogP contribution >= 0.6 is 0 Å². The van der Waals surface area contributed by atoms with E-state index in [-0.39, 0.29) is 0 Å². The van der Waals surface area contributed by atoms with E-state index in [1.54, 1.807) is 13.0 Å². The lowest BCUT2D eigenvalue weighted by Gasteiger charge is -2.06. The highest BCUT2D eigenvalue weighted by Gasteiger charge is 2.18. The van der Waals surface area contributed by atoms with Gasteiger partial charge in [-0.15, -0.1) is 0 Å². The van der Waals surface area contributed by atoms with Crippen molar-refractivity contribution in [3.63, 3.8) is 0 Å². The topological polar surface area (TPSA) is 78.3 Å². The van der Waals surface area contributed by atoms with Crippen molar-refractivity contribution >= 4 is 22.8 Å². The van der Waals surface area contributed by atoms with Crippen LogP contribution in [0.15, 0.2) is 16.7 Å². The van der Waals surface area contributed by atoms with Crippen molar-refractivity contribution in [2.45, 2.75) is 6.92 Å². The SMILES string of the molecule is COC(=O)c1c(C)nc2occc2c1N. The molecular weight excluding hydrogens is 196 g/mol. The van der Waals surface area contributed by atoms with Crippen molar-refractivity contribution < 1.29 is 13.9 Å². The number of fused-ring (bicyclic) bond motifs is 1. The number of furan rings is 1. The predicted octanol–water partition coefficient (Wildman–Crippen LogP) is 1.51. The maximum Gasteiger partial charge on any atom is 0.341 e. The number of carbonyl (C=O) groups excluding carboxylic acids is 1. The second-order valence-corrected chi connectivity index (χ2v) is 3.12. The predicted molar refractivity (Wildman–Crippen MR) is 54.5 cm³/mol. The van der Waals surface area contributed by atoms with E-state index in [1.165, 1.54) is 13.4 Å². The Morgan fingerprint density at radius 2 is 2.33 bits per heavy atom. The number of esters is 1. The first kappa shape index (κ1) is 9.51.